The molecule has 0 aliphatic rings. The summed E-state index contributed by atoms with van der Waals surface area (Å²) >= 11 is 0. The van der Waals surface area contributed by atoms with E-state index in [0.29, 0.717) is 11.1 Å². The Hall–Kier alpha value is -3.40. The van der Waals surface area contributed by atoms with Gasteiger partial charge in [0, 0.05) is 16.3 Å². The van der Waals surface area contributed by atoms with Crippen molar-refractivity contribution in [3.05, 3.63) is 103 Å². The summed E-state index contributed by atoms with van der Waals surface area (Å²) in [5.74, 6) is 0. The van der Waals surface area contributed by atoms with Gasteiger partial charge in [-0.2, -0.15) is 0 Å². The summed E-state index contributed by atoms with van der Waals surface area (Å²) in [5.41, 5.74) is 11.9. The van der Waals surface area contributed by atoms with E-state index in [2.05, 4.69) is 33.4 Å². The van der Waals surface area contributed by atoms with Crippen molar-refractivity contribution in [3.63, 3.8) is 0 Å². The third kappa shape index (κ3) is 5.49. The van der Waals surface area contributed by atoms with Gasteiger partial charge in [0.2, 0.25) is 0 Å². The van der Waals surface area contributed by atoms with Crippen LogP contribution in [-0.4, -0.2) is 18.0 Å². The number of anilines is 1. The molecule has 0 amide bonds. The van der Waals surface area contributed by atoms with Gasteiger partial charge >= 0.3 is 29.6 Å². The molecule has 9 heteroatoms. The van der Waals surface area contributed by atoms with E-state index < -0.39 is 10.1 Å². The Kier molecular flexibility index (Phi) is 7.87. The summed E-state index contributed by atoms with van der Waals surface area (Å²) < 4.78 is 35.6. The molecule has 5 rings (SSSR count). The number of hydrogen-bond acceptors (Lipinski definition) is 7. The number of benzene rings is 4. The van der Waals surface area contributed by atoms with Crippen LogP contribution in [-0.2, 0) is 10.1 Å². The molecule has 2 N–H and O–H groups in total. The van der Waals surface area contributed by atoms with E-state index in [1.165, 1.54) is 6.07 Å². The number of aromatic nitrogens is 1. The molecule has 0 unspecified atom stereocenters. The summed E-state index contributed by atoms with van der Waals surface area (Å²) in [4.78, 5) is 4.26. The molecule has 178 valence electrons. The van der Waals surface area contributed by atoms with Crippen LogP contribution in [0, 0.1) is 6.92 Å². The van der Waals surface area contributed by atoms with Gasteiger partial charge in [-0.1, -0.05) is 78.9 Å². The fourth-order valence-electron chi connectivity index (χ4n) is 4.21. The van der Waals surface area contributed by atoms with Crippen LogP contribution in [0.4, 0.5) is 17.1 Å². The number of nitrogens with zero attached hydrogens (tertiary/aromatic N) is 3. The summed E-state index contributed by atoms with van der Waals surface area (Å²) in [6.07, 6.45) is 1.59. The maximum atomic E-state index is 11.9. The molecule has 0 fully saturated rings. The molecular formula is C28H21N4NaO3S. The minimum atomic E-state index is -4.74. The maximum Gasteiger partial charge on any atom is 1.00 e. The van der Waals surface area contributed by atoms with Crippen LogP contribution in [0.5, 0.6) is 0 Å². The van der Waals surface area contributed by atoms with Crippen molar-refractivity contribution in [1.29, 1.82) is 0 Å². The first-order valence-electron chi connectivity index (χ1n) is 11.1. The molecule has 0 spiro atoms. The summed E-state index contributed by atoms with van der Waals surface area (Å²) in [6.45, 7) is 1.94. The predicted molar refractivity (Wildman–Crippen MR) is 140 cm³/mol. The second kappa shape index (κ2) is 10.9. The van der Waals surface area contributed by atoms with Gasteiger partial charge < -0.3 is 10.3 Å². The molecule has 0 aliphatic carbocycles. The molecular weight excluding hydrogens is 495 g/mol. The van der Waals surface area contributed by atoms with Gasteiger partial charge in [0.15, 0.2) is 0 Å². The summed E-state index contributed by atoms with van der Waals surface area (Å²) in [7, 11) is -4.74. The van der Waals surface area contributed by atoms with Crippen LogP contribution < -0.4 is 35.3 Å². The Morgan fingerprint density at radius 3 is 2.11 bits per heavy atom. The molecule has 1 aromatic heterocycles. The van der Waals surface area contributed by atoms with Crippen LogP contribution in [0.25, 0.3) is 33.2 Å². The van der Waals surface area contributed by atoms with Crippen molar-refractivity contribution in [2.24, 2.45) is 10.2 Å². The molecule has 7 nitrogen and oxygen atoms in total. The zero-order valence-corrected chi connectivity index (χ0v) is 23.1. The fraction of sp³-hybridized carbons (Fsp3) is 0.0357. The van der Waals surface area contributed by atoms with Crippen molar-refractivity contribution in [1.82, 2.24) is 4.98 Å². The van der Waals surface area contributed by atoms with E-state index >= 15 is 0 Å². The Morgan fingerprint density at radius 2 is 1.43 bits per heavy atom. The molecule has 1 heterocycles. The zero-order chi connectivity index (χ0) is 25.3. The van der Waals surface area contributed by atoms with Crippen molar-refractivity contribution in [3.8, 4) is 22.4 Å². The van der Waals surface area contributed by atoms with E-state index in [-0.39, 0.29) is 51.2 Å². The number of nitrogen functional groups attached to an aromatic ring is 1. The van der Waals surface area contributed by atoms with Gasteiger partial charge in [-0.25, -0.2) is 8.42 Å². The number of nitrogens with two attached hydrogens (primary N) is 1. The van der Waals surface area contributed by atoms with Crippen molar-refractivity contribution >= 4 is 38.0 Å². The summed E-state index contributed by atoms with van der Waals surface area (Å²) in [6, 6.07) is 27.7. The topological polar surface area (TPSA) is 121 Å². The van der Waals surface area contributed by atoms with Crippen molar-refractivity contribution < 1.29 is 42.5 Å². The van der Waals surface area contributed by atoms with E-state index in [4.69, 9.17) is 5.73 Å². The number of aryl methyl sites for hydroxylation is 1. The molecule has 0 radical (unpaired) electrons. The first kappa shape index (κ1) is 26.7. The SMILES string of the molecule is Cc1cc(N=Nc2cc(S(=O)(=O)[O-])c3ccccc3c2N)cnc1-c1ccccc1-c1ccccc1.[Na+]. The number of hydrogen-bond donors (Lipinski definition) is 1. The number of rotatable bonds is 5. The van der Waals surface area contributed by atoms with Crippen molar-refractivity contribution in [2.75, 3.05) is 5.73 Å². The number of azo groups is 1. The molecule has 0 saturated carbocycles. The van der Waals surface area contributed by atoms with Crippen LogP contribution in [0.3, 0.4) is 0 Å². The largest absolute Gasteiger partial charge is 1.00 e. The minimum absolute atomic E-state index is 0. The molecule has 0 atom stereocenters. The molecule has 4 aromatic carbocycles. The Balaban J connectivity index is 0.00000320. The Labute approximate surface area is 237 Å². The number of fused-ring (bicyclic) bond motifs is 1. The molecule has 37 heavy (non-hydrogen) atoms. The molecule has 0 aliphatic heterocycles. The monoisotopic (exact) mass is 516 g/mol. The van der Waals surface area contributed by atoms with E-state index in [9.17, 15) is 13.0 Å². The third-order valence-corrected chi connectivity index (χ3v) is 6.78. The zero-order valence-electron chi connectivity index (χ0n) is 20.3. The first-order chi connectivity index (χ1) is 17.3. The van der Waals surface area contributed by atoms with Gasteiger partial charge in [0.05, 0.1) is 22.5 Å². The number of pyridine rings is 1. The average Bonchev–Trinajstić information content (AvgIpc) is 2.88. The quantitative estimate of drug-likeness (QED) is 0.165. The fourth-order valence-corrected chi connectivity index (χ4v) is 4.91. The standard InChI is InChI=1S/C28H22N4O3S.Na/c1-18-15-20(17-30-28(18)24-14-8-5-11-21(24)19-9-3-2-4-10-19)31-32-25-16-26(36(33,34)35)22-12-6-7-13-23(22)27(25)29;/h2-17H,29H2,1H3,(H,33,34,35);/q;+1/p-1. The van der Waals surface area contributed by atoms with Gasteiger partial charge in [-0.3, -0.25) is 4.98 Å². The van der Waals surface area contributed by atoms with Crippen LogP contribution >= 0.6 is 0 Å². The Morgan fingerprint density at radius 1 is 0.811 bits per heavy atom. The van der Waals surface area contributed by atoms with Gasteiger partial charge in [-0.15, -0.1) is 10.2 Å². The van der Waals surface area contributed by atoms with Gasteiger partial charge in [0.25, 0.3) is 0 Å². The Bertz CT molecular complexity index is 1740. The van der Waals surface area contributed by atoms with E-state index in [1.807, 2.05) is 49.4 Å². The summed E-state index contributed by atoms with van der Waals surface area (Å²) in [5, 5.41) is 9.07. The second-order valence-corrected chi connectivity index (χ2v) is 9.63. The van der Waals surface area contributed by atoms with E-state index in [0.717, 1.165) is 34.0 Å². The molecule has 0 saturated heterocycles. The third-order valence-electron chi connectivity index (χ3n) is 5.90. The van der Waals surface area contributed by atoms with Gasteiger partial charge in [0.1, 0.15) is 21.5 Å². The molecule has 0 bridgehead atoms. The van der Waals surface area contributed by atoms with Crippen LogP contribution in [0.2, 0.25) is 0 Å². The average molecular weight is 517 g/mol. The van der Waals surface area contributed by atoms with Crippen LogP contribution in [0.15, 0.2) is 112 Å². The van der Waals surface area contributed by atoms with Crippen molar-refractivity contribution in [2.45, 2.75) is 11.8 Å². The minimum Gasteiger partial charge on any atom is -0.744 e. The molecule has 5 aromatic rings. The van der Waals surface area contributed by atoms with Crippen LogP contribution in [0.1, 0.15) is 5.56 Å². The van der Waals surface area contributed by atoms with Gasteiger partial charge in [-0.05, 0) is 35.7 Å². The first-order valence-corrected chi connectivity index (χ1v) is 12.5. The smallest absolute Gasteiger partial charge is 0.744 e. The van der Waals surface area contributed by atoms with E-state index in [1.54, 1.807) is 24.4 Å². The predicted octanol–water partition coefficient (Wildman–Crippen LogP) is 3.78. The maximum absolute atomic E-state index is 11.9. The normalized spacial score (nSPS) is 11.5. The second-order valence-electron chi connectivity index (χ2n) is 8.28.